The molecule has 0 radical (unpaired) electrons. The highest BCUT2D eigenvalue weighted by atomic mass is 16.3. The number of rotatable bonds is 1. The monoisotopic (exact) mass is 316 g/mol. The average Bonchev–Trinajstić information content (AvgIpc) is 2.87. The number of fused-ring (bicyclic) bond motifs is 5. The summed E-state index contributed by atoms with van der Waals surface area (Å²) in [6.07, 6.45) is 6.27. The molecule has 0 heterocycles. The summed E-state index contributed by atoms with van der Waals surface area (Å²) in [5.74, 6) is 1.04. The molecule has 0 aromatic rings. The average molecular weight is 316 g/mol. The normalized spacial score (nSPS) is 46.1. The molecule has 0 aromatic carbocycles. The van der Waals surface area contributed by atoms with Gasteiger partial charge in [-0.25, -0.2) is 0 Å². The summed E-state index contributed by atoms with van der Waals surface area (Å²) in [7, 11) is 0. The number of Topliss-reactive ketones (excluding diaryl/α,β-unsaturated/α-hetero) is 2. The molecule has 0 spiro atoms. The zero-order valence-electron chi connectivity index (χ0n) is 13.6. The summed E-state index contributed by atoms with van der Waals surface area (Å²) in [5, 5.41) is 9.95. The smallest absolute Gasteiger partial charge is 0.159 e. The predicted octanol–water partition coefficient (Wildman–Crippen LogP) is 2.24. The summed E-state index contributed by atoms with van der Waals surface area (Å²) < 4.78 is 0. The van der Waals surface area contributed by atoms with Crippen molar-refractivity contribution in [2.24, 2.45) is 28.6 Å². The summed E-state index contributed by atoms with van der Waals surface area (Å²) >= 11 is 0. The van der Waals surface area contributed by atoms with Crippen molar-refractivity contribution in [1.82, 2.24) is 0 Å². The van der Waals surface area contributed by atoms with E-state index in [9.17, 15) is 19.5 Å². The molecular weight excluding hydrogens is 292 g/mol. The minimum Gasteiger partial charge on any atom is -0.395 e. The fraction of sp³-hybridized carbons (Fsp3) is 0.737. The van der Waals surface area contributed by atoms with E-state index in [1.165, 1.54) is 0 Å². The highest BCUT2D eigenvalue weighted by molar-refractivity contribution is 6.06. The summed E-state index contributed by atoms with van der Waals surface area (Å²) in [4.78, 5) is 36.9. The Morgan fingerprint density at radius 1 is 1.13 bits per heavy atom. The van der Waals surface area contributed by atoms with E-state index < -0.39 is 5.41 Å². The van der Waals surface area contributed by atoms with Crippen LogP contribution in [0.5, 0.6) is 0 Å². The molecule has 3 fully saturated rings. The van der Waals surface area contributed by atoms with Crippen LogP contribution in [-0.4, -0.2) is 29.1 Å². The molecule has 4 nitrogen and oxygen atoms in total. The quantitative estimate of drug-likeness (QED) is 0.805. The van der Waals surface area contributed by atoms with Gasteiger partial charge in [0.2, 0.25) is 0 Å². The Hall–Kier alpha value is -1.29. The van der Waals surface area contributed by atoms with Crippen molar-refractivity contribution in [3.05, 3.63) is 11.6 Å². The van der Waals surface area contributed by atoms with Crippen LogP contribution in [0.3, 0.4) is 0 Å². The van der Waals surface area contributed by atoms with Gasteiger partial charge >= 0.3 is 0 Å². The fourth-order valence-electron chi connectivity index (χ4n) is 6.26. The van der Waals surface area contributed by atoms with Gasteiger partial charge in [-0.3, -0.25) is 14.4 Å². The van der Waals surface area contributed by atoms with Crippen molar-refractivity contribution in [3.8, 4) is 0 Å². The lowest BCUT2D eigenvalue weighted by molar-refractivity contribution is -0.143. The molecule has 124 valence electrons. The van der Waals surface area contributed by atoms with Gasteiger partial charge in [0, 0.05) is 24.8 Å². The van der Waals surface area contributed by atoms with E-state index in [0.717, 1.165) is 31.3 Å². The Balaban J connectivity index is 1.76. The van der Waals surface area contributed by atoms with Gasteiger partial charge < -0.3 is 5.11 Å². The number of aliphatic hydroxyl groups is 1. The lowest BCUT2D eigenvalue weighted by atomic mass is 9.47. The van der Waals surface area contributed by atoms with Gasteiger partial charge in [-0.05, 0) is 54.9 Å². The first-order valence-electron chi connectivity index (χ1n) is 8.85. The second kappa shape index (κ2) is 4.85. The number of allylic oxidation sites excluding steroid dienone is 1. The topological polar surface area (TPSA) is 71.4 Å². The lowest BCUT2D eigenvalue weighted by Gasteiger charge is -2.56. The van der Waals surface area contributed by atoms with E-state index >= 15 is 0 Å². The van der Waals surface area contributed by atoms with Gasteiger partial charge in [0.05, 0.1) is 12.0 Å². The molecule has 1 N–H and O–H groups in total. The minimum atomic E-state index is -0.594. The van der Waals surface area contributed by atoms with E-state index in [-0.39, 0.29) is 41.2 Å². The van der Waals surface area contributed by atoms with Crippen molar-refractivity contribution < 1.29 is 19.5 Å². The molecule has 4 aliphatic carbocycles. The van der Waals surface area contributed by atoms with Crippen molar-refractivity contribution in [2.45, 2.75) is 51.9 Å². The summed E-state index contributed by atoms with van der Waals surface area (Å²) in [6.45, 7) is 2.06. The third-order valence-corrected chi connectivity index (χ3v) is 7.52. The van der Waals surface area contributed by atoms with Gasteiger partial charge in [0.25, 0.3) is 0 Å². The highest BCUT2D eigenvalue weighted by Gasteiger charge is 2.62. The molecule has 0 unspecified atom stereocenters. The zero-order chi connectivity index (χ0) is 16.4. The minimum absolute atomic E-state index is 0.0702. The number of hydrogen-bond acceptors (Lipinski definition) is 4. The maximum absolute atomic E-state index is 12.7. The molecule has 23 heavy (non-hydrogen) atoms. The Morgan fingerprint density at radius 3 is 2.65 bits per heavy atom. The summed E-state index contributed by atoms with van der Waals surface area (Å²) in [5.41, 5.74) is -0.0826. The Bertz CT molecular complexity index is 633. The maximum atomic E-state index is 12.7. The molecule has 0 bridgehead atoms. The third-order valence-electron chi connectivity index (χ3n) is 7.52. The second-order valence-electron chi connectivity index (χ2n) is 8.26. The van der Waals surface area contributed by atoms with Gasteiger partial charge in [-0.15, -0.1) is 0 Å². The number of carbonyl (C=O) groups excluding carboxylic acids is 3. The van der Waals surface area contributed by atoms with Crippen LogP contribution < -0.4 is 0 Å². The number of hydrogen-bond donors (Lipinski definition) is 1. The molecule has 5 atom stereocenters. The SMILES string of the molecule is C[C@]12CCC(=O)C=C1C(=O)C[C@H]1[C@@H]3CCC(=O)[C@@]3(CO)CC[C@@H]12. The standard InChI is InChI=1S/C19H24O4/c1-18-6-4-11(21)8-15(18)16(22)9-12-13(18)5-7-19(10-20)14(12)2-3-17(19)23/h8,12-14,20H,2-7,9-10H2,1H3/t12-,13+,14+,18-,19-/m1/s1. The molecular formula is C19H24O4. The Morgan fingerprint density at radius 2 is 1.91 bits per heavy atom. The maximum Gasteiger partial charge on any atom is 0.159 e. The van der Waals surface area contributed by atoms with Crippen molar-refractivity contribution >= 4 is 17.3 Å². The van der Waals surface area contributed by atoms with E-state index in [1.54, 1.807) is 6.08 Å². The van der Waals surface area contributed by atoms with E-state index in [1.807, 2.05) is 0 Å². The first-order chi connectivity index (χ1) is 10.9. The first kappa shape index (κ1) is 15.3. The van der Waals surface area contributed by atoms with Crippen molar-refractivity contribution in [1.29, 1.82) is 0 Å². The zero-order valence-corrected chi connectivity index (χ0v) is 13.6. The molecule has 4 rings (SSSR count). The highest BCUT2D eigenvalue weighted by Crippen LogP contribution is 2.63. The number of ketones is 3. The van der Waals surface area contributed by atoms with Crippen LogP contribution in [0, 0.1) is 28.6 Å². The van der Waals surface area contributed by atoms with E-state index in [2.05, 4.69) is 6.92 Å². The predicted molar refractivity (Wildman–Crippen MR) is 83.5 cm³/mol. The molecule has 0 aliphatic heterocycles. The van der Waals surface area contributed by atoms with E-state index in [4.69, 9.17) is 0 Å². The fourth-order valence-corrected chi connectivity index (χ4v) is 6.26. The molecule has 0 aromatic heterocycles. The van der Waals surface area contributed by atoms with Crippen LogP contribution in [0.25, 0.3) is 0 Å². The molecule has 0 amide bonds. The summed E-state index contributed by atoms with van der Waals surface area (Å²) in [6, 6.07) is 0. The van der Waals surface area contributed by atoms with Crippen LogP contribution in [0.15, 0.2) is 11.6 Å². The van der Waals surface area contributed by atoms with Gasteiger partial charge in [-0.2, -0.15) is 0 Å². The van der Waals surface area contributed by atoms with E-state index in [0.29, 0.717) is 25.2 Å². The Kier molecular flexibility index (Phi) is 3.22. The van der Waals surface area contributed by atoms with Crippen molar-refractivity contribution in [2.75, 3.05) is 6.61 Å². The Labute approximate surface area is 136 Å². The molecule has 0 saturated heterocycles. The largest absolute Gasteiger partial charge is 0.395 e. The molecule has 3 saturated carbocycles. The van der Waals surface area contributed by atoms with Gasteiger partial charge in [-0.1, -0.05) is 6.92 Å². The molecule has 4 aliphatic rings. The van der Waals surface area contributed by atoms with Crippen LogP contribution in [0.1, 0.15) is 51.9 Å². The van der Waals surface area contributed by atoms with Gasteiger partial charge in [0.15, 0.2) is 11.6 Å². The van der Waals surface area contributed by atoms with Crippen LogP contribution in [0.4, 0.5) is 0 Å². The lowest BCUT2D eigenvalue weighted by Crippen LogP contribution is -2.54. The molecule has 4 heteroatoms. The van der Waals surface area contributed by atoms with Crippen LogP contribution in [0.2, 0.25) is 0 Å². The van der Waals surface area contributed by atoms with Crippen molar-refractivity contribution in [3.63, 3.8) is 0 Å². The number of aliphatic hydroxyl groups excluding tert-OH is 1. The first-order valence-corrected chi connectivity index (χ1v) is 8.85. The van der Waals surface area contributed by atoms with Crippen LogP contribution >= 0.6 is 0 Å². The number of carbonyl (C=O) groups is 3. The van der Waals surface area contributed by atoms with Gasteiger partial charge in [0.1, 0.15) is 5.78 Å². The second-order valence-corrected chi connectivity index (χ2v) is 8.26. The third kappa shape index (κ3) is 1.84. The van der Waals surface area contributed by atoms with Crippen LogP contribution in [-0.2, 0) is 14.4 Å².